The van der Waals surface area contributed by atoms with Gasteiger partial charge in [0.15, 0.2) is 5.65 Å². The zero-order valence-corrected chi connectivity index (χ0v) is 23.5. The van der Waals surface area contributed by atoms with Crippen LogP contribution >= 0.6 is 11.3 Å². The van der Waals surface area contributed by atoms with E-state index >= 15 is 0 Å². The van der Waals surface area contributed by atoms with Crippen LogP contribution in [-0.4, -0.2) is 61.8 Å². The monoisotopic (exact) mass is 582 g/mol. The molecule has 1 saturated heterocycles. The lowest BCUT2D eigenvalue weighted by Crippen LogP contribution is -2.52. The van der Waals surface area contributed by atoms with Crippen LogP contribution in [0.25, 0.3) is 16.7 Å². The van der Waals surface area contributed by atoms with Crippen molar-refractivity contribution in [3.8, 4) is 11.4 Å². The van der Waals surface area contributed by atoms with Crippen LogP contribution in [0.1, 0.15) is 42.9 Å². The standard InChI is InChI=1S/C30H32F2N4O4S/c1-40-21-6-4-20(5-7-21)36-13-9-23-26(36)33-19-35(28(23)38)18-29(39)11-14-34(15-12-29)27(37)22-8-10-30(31,32)17-24(22)25-3-2-16-41-25/h2-7,9,13,16,19,22,24,39H,8,10-12,14-15,17-18H2,1H3. The fraction of sp³-hybridized carbons (Fsp3) is 0.433. The first-order valence-corrected chi connectivity index (χ1v) is 14.7. The van der Waals surface area contributed by atoms with Crippen molar-refractivity contribution in [2.45, 2.75) is 56.1 Å². The molecule has 2 aliphatic rings. The first-order valence-electron chi connectivity index (χ1n) is 13.8. The highest BCUT2D eigenvalue weighted by atomic mass is 32.1. The minimum atomic E-state index is -2.77. The SMILES string of the molecule is COc1ccc(-n2ccc3c(=O)n(CC4(O)CCN(C(=O)C5CCC(F)(F)CC5c5cccs5)CC4)cnc32)cc1. The van der Waals surface area contributed by atoms with E-state index in [9.17, 15) is 23.5 Å². The number of carbonyl (C=O) groups is 1. The molecule has 6 rings (SSSR count). The summed E-state index contributed by atoms with van der Waals surface area (Å²) in [7, 11) is 1.60. The van der Waals surface area contributed by atoms with Crippen LogP contribution in [0.2, 0.25) is 0 Å². The van der Waals surface area contributed by atoms with Crippen LogP contribution in [0.15, 0.2) is 65.2 Å². The topological polar surface area (TPSA) is 89.6 Å². The molecule has 1 aliphatic carbocycles. The molecule has 1 N–H and O–H groups in total. The predicted molar refractivity (Wildman–Crippen MR) is 152 cm³/mol. The second kappa shape index (κ2) is 10.7. The van der Waals surface area contributed by atoms with Crippen molar-refractivity contribution >= 4 is 28.3 Å². The number of benzene rings is 1. The number of methoxy groups -OCH3 is 1. The Labute approximate surface area is 239 Å². The summed E-state index contributed by atoms with van der Waals surface area (Å²) in [5.41, 5.74) is -0.0937. The maximum atomic E-state index is 14.3. The highest BCUT2D eigenvalue weighted by Gasteiger charge is 2.47. The second-order valence-electron chi connectivity index (χ2n) is 11.2. The summed E-state index contributed by atoms with van der Waals surface area (Å²) in [6, 6.07) is 12.8. The molecule has 3 aromatic heterocycles. The van der Waals surface area contributed by atoms with Crippen LogP contribution in [0.3, 0.4) is 0 Å². The number of thiophene rings is 1. The Morgan fingerprint density at radius 3 is 2.59 bits per heavy atom. The average Bonchev–Trinajstić information content (AvgIpc) is 3.65. The lowest BCUT2D eigenvalue weighted by Gasteiger charge is -2.42. The summed E-state index contributed by atoms with van der Waals surface area (Å²) in [4.78, 5) is 33.9. The fourth-order valence-corrected chi connectivity index (χ4v) is 7.10. The van der Waals surface area contributed by atoms with Gasteiger partial charge in [-0.15, -0.1) is 11.3 Å². The maximum absolute atomic E-state index is 14.3. The third kappa shape index (κ3) is 5.40. The van der Waals surface area contributed by atoms with E-state index < -0.39 is 23.4 Å². The van der Waals surface area contributed by atoms with Gasteiger partial charge in [-0.3, -0.25) is 14.2 Å². The minimum absolute atomic E-state index is 0.0536. The number of hydrogen-bond acceptors (Lipinski definition) is 6. The van der Waals surface area contributed by atoms with Gasteiger partial charge in [-0.05, 0) is 61.0 Å². The molecule has 41 heavy (non-hydrogen) atoms. The summed E-state index contributed by atoms with van der Waals surface area (Å²) < 4.78 is 37.0. The number of likely N-dealkylation sites (tertiary alicyclic amines) is 1. The Balaban J connectivity index is 1.14. The summed E-state index contributed by atoms with van der Waals surface area (Å²) in [6.45, 7) is 0.660. The molecule has 1 amide bonds. The number of aromatic nitrogens is 3. The molecule has 1 aliphatic heterocycles. The second-order valence-corrected chi connectivity index (χ2v) is 12.2. The van der Waals surface area contributed by atoms with Crippen molar-refractivity contribution < 1.29 is 23.4 Å². The van der Waals surface area contributed by atoms with Gasteiger partial charge in [0.1, 0.15) is 12.1 Å². The number of piperidine rings is 1. The smallest absolute Gasteiger partial charge is 0.262 e. The predicted octanol–water partition coefficient (Wildman–Crippen LogP) is 4.83. The highest BCUT2D eigenvalue weighted by Crippen LogP contribution is 2.47. The Morgan fingerprint density at radius 2 is 1.90 bits per heavy atom. The van der Waals surface area contributed by atoms with E-state index in [0.29, 0.717) is 24.1 Å². The molecule has 2 fully saturated rings. The molecule has 0 radical (unpaired) electrons. The lowest BCUT2D eigenvalue weighted by molar-refractivity contribution is -0.145. The van der Waals surface area contributed by atoms with E-state index in [1.807, 2.05) is 46.3 Å². The summed E-state index contributed by atoms with van der Waals surface area (Å²) in [5.74, 6) is -3.17. The first kappa shape index (κ1) is 27.6. The van der Waals surface area contributed by atoms with E-state index in [4.69, 9.17) is 4.74 Å². The molecule has 4 heterocycles. The van der Waals surface area contributed by atoms with Gasteiger partial charge < -0.3 is 19.3 Å². The fourth-order valence-electron chi connectivity index (χ4n) is 6.20. The van der Waals surface area contributed by atoms with Gasteiger partial charge >= 0.3 is 0 Å². The van der Waals surface area contributed by atoms with Gasteiger partial charge in [0, 0.05) is 54.5 Å². The van der Waals surface area contributed by atoms with Gasteiger partial charge in [-0.2, -0.15) is 0 Å². The maximum Gasteiger partial charge on any atom is 0.262 e. The van der Waals surface area contributed by atoms with Gasteiger partial charge in [-0.1, -0.05) is 6.07 Å². The number of carbonyl (C=O) groups excluding carboxylic acids is 1. The van der Waals surface area contributed by atoms with Crippen LogP contribution < -0.4 is 10.3 Å². The van der Waals surface area contributed by atoms with E-state index in [1.165, 1.54) is 22.2 Å². The Bertz CT molecular complexity index is 1590. The molecule has 216 valence electrons. The van der Waals surface area contributed by atoms with Crippen molar-refractivity contribution in [1.29, 1.82) is 0 Å². The van der Waals surface area contributed by atoms with Gasteiger partial charge in [0.05, 0.1) is 24.6 Å². The summed E-state index contributed by atoms with van der Waals surface area (Å²) in [5, 5.41) is 13.7. The van der Waals surface area contributed by atoms with Gasteiger partial charge in [0.25, 0.3) is 5.56 Å². The molecule has 4 aromatic rings. The van der Waals surface area contributed by atoms with Crippen LogP contribution in [-0.2, 0) is 11.3 Å². The number of hydrogen-bond donors (Lipinski definition) is 1. The molecule has 1 saturated carbocycles. The Hall–Kier alpha value is -3.57. The molecule has 0 spiro atoms. The lowest BCUT2D eigenvalue weighted by atomic mass is 9.75. The zero-order valence-electron chi connectivity index (χ0n) is 22.7. The number of alkyl halides is 2. The normalized spacial score (nSPS) is 22.1. The van der Waals surface area contributed by atoms with Crippen LogP contribution in [0.4, 0.5) is 8.78 Å². The molecular formula is C30H32F2N4O4S. The Morgan fingerprint density at radius 1 is 1.15 bits per heavy atom. The van der Waals surface area contributed by atoms with Crippen LogP contribution in [0, 0.1) is 5.92 Å². The number of amides is 1. The highest BCUT2D eigenvalue weighted by molar-refractivity contribution is 7.10. The van der Waals surface area contributed by atoms with E-state index in [0.717, 1.165) is 16.3 Å². The number of ether oxygens (including phenoxy) is 1. The molecule has 1 aromatic carbocycles. The van der Waals surface area contributed by atoms with Gasteiger partial charge in [0.2, 0.25) is 11.8 Å². The minimum Gasteiger partial charge on any atom is -0.497 e. The molecule has 11 heteroatoms. The number of nitrogens with zero attached hydrogens (tertiary/aromatic N) is 4. The van der Waals surface area contributed by atoms with E-state index in [1.54, 1.807) is 24.3 Å². The zero-order chi connectivity index (χ0) is 28.8. The van der Waals surface area contributed by atoms with Crippen molar-refractivity contribution in [2.75, 3.05) is 20.2 Å². The van der Waals surface area contributed by atoms with Crippen molar-refractivity contribution in [1.82, 2.24) is 19.0 Å². The van der Waals surface area contributed by atoms with Crippen LogP contribution in [0.5, 0.6) is 5.75 Å². The number of halogens is 2. The largest absolute Gasteiger partial charge is 0.497 e. The van der Waals surface area contributed by atoms with Gasteiger partial charge in [-0.25, -0.2) is 13.8 Å². The summed E-state index contributed by atoms with van der Waals surface area (Å²) >= 11 is 1.41. The first-order chi connectivity index (χ1) is 19.7. The number of rotatable bonds is 6. The average molecular weight is 583 g/mol. The third-order valence-corrected chi connectivity index (χ3v) is 9.55. The molecular weight excluding hydrogens is 550 g/mol. The third-order valence-electron chi connectivity index (χ3n) is 8.54. The van der Waals surface area contributed by atoms with Crippen molar-refractivity contribution in [3.05, 3.63) is 75.6 Å². The van der Waals surface area contributed by atoms with Crippen molar-refractivity contribution in [2.24, 2.45) is 5.92 Å². The number of fused-ring (bicyclic) bond motifs is 1. The molecule has 0 bridgehead atoms. The molecule has 2 unspecified atom stereocenters. The molecule has 8 nitrogen and oxygen atoms in total. The molecule has 2 atom stereocenters. The number of aliphatic hydroxyl groups is 1. The summed E-state index contributed by atoms with van der Waals surface area (Å²) in [6.07, 6.45) is 3.34. The quantitative estimate of drug-likeness (QED) is 0.352. The van der Waals surface area contributed by atoms with E-state index in [2.05, 4.69) is 4.98 Å². The Kier molecular flexibility index (Phi) is 7.19. The van der Waals surface area contributed by atoms with E-state index in [-0.39, 0.29) is 50.1 Å². The van der Waals surface area contributed by atoms with Crippen molar-refractivity contribution in [3.63, 3.8) is 0 Å².